The molecule has 2 saturated heterocycles. The van der Waals surface area contributed by atoms with Crippen LogP contribution in [0.25, 0.3) is 0 Å². The van der Waals surface area contributed by atoms with Crippen molar-refractivity contribution in [2.24, 2.45) is 11.3 Å². The van der Waals surface area contributed by atoms with Gasteiger partial charge in [-0.15, -0.1) is 0 Å². The molecule has 5 aliphatic rings. The lowest BCUT2D eigenvalue weighted by molar-refractivity contribution is -0.150. The molecule has 7 atom stereocenters. The minimum absolute atomic E-state index is 0.224. The van der Waals surface area contributed by atoms with Crippen LogP contribution in [0, 0.1) is 11.3 Å². The van der Waals surface area contributed by atoms with Crippen molar-refractivity contribution in [3.05, 3.63) is 35.5 Å². The van der Waals surface area contributed by atoms with Crippen molar-refractivity contribution in [2.75, 3.05) is 34.1 Å². The SMILES string of the molecule is COCOCCC12O[C@H]3[C@@H](O)C=C[C@H]4[C@H]5CC(=C1[C@]43CCN5C)C=CC2O. The number of aliphatic hydroxyl groups excluding tert-OH is 2. The van der Waals surface area contributed by atoms with Crippen LogP contribution in [-0.4, -0.2) is 79.2 Å². The van der Waals surface area contributed by atoms with Gasteiger partial charge >= 0.3 is 0 Å². The lowest BCUT2D eigenvalue weighted by atomic mass is 9.50. The second-order valence-corrected chi connectivity index (χ2v) is 8.64. The first-order valence-electron chi connectivity index (χ1n) is 9.96. The van der Waals surface area contributed by atoms with Crippen molar-refractivity contribution in [3.63, 3.8) is 0 Å². The molecule has 0 aromatic heterocycles. The molecule has 2 fully saturated rings. The van der Waals surface area contributed by atoms with Crippen LogP contribution in [-0.2, 0) is 14.2 Å². The van der Waals surface area contributed by atoms with E-state index in [-0.39, 0.29) is 18.3 Å². The van der Waals surface area contributed by atoms with E-state index in [0.717, 1.165) is 19.4 Å². The molecule has 2 heterocycles. The molecule has 2 bridgehead atoms. The van der Waals surface area contributed by atoms with Crippen molar-refractivity contribution in [1.82, 2.24) is 4.90 Å². The molecule has 0 aromatic rings. The molecule has 27 heavy (non-hydrogen) atoms. The maximum atomic E-state index is 11.0. The molecule has 6 nitrogen and oxygen atoms in total. The van der Waals surface area contributed by atoms with Crippen LogP contribution < -0.4 is 0 Å². The fraction of sp³-hybridized carbons (Fsp3) is 0.714. The summed E-state index contributed by atoms with van der Waals surface area (Å²) in [6.07, 6.45) is 8.82. The van der Waals surface area contributed by atoms with E-state index in [9.17, 15) is 10.2 Å². The number of methoxy groups -OCH3 is 1. The van der Waals surface area contributed by atoms with Gasteiger partial charge in [-0.25, -0.2) is 0 Å². The zero-order chi connectivity index (χ0) is 18.8. The number of piperidine rings is 1. The van der Waals surface area contributed by atoms with Gasteiger partial charge in [0, 0.05) is 30.9 Å². The Hall–Kier alpha value is -1.02. The van der Waals surface area contributed by atoms with Gasteiger partial charge in [0.05, 0.1) is 18.8 Å². The summed E-state index contributed by atoms with van der Waals surface area (Å²) < 4.78 is 17.2. The first-order valence-corrected chi connectivity index (χ1v) is 9.96. The Balaban J connectivity index is 1.63. The molecule has 3 aliphatic carbocycles. The van der Waals surface area contributed by atoms with Crippen LogP contribution in [0.2, 0.25) is 0 Å². The van der Waals surface area contributed by atoms with E-state index in [1.54, 1.807) is 7.11 Å². The highest BCUT2D eigenvalue weighted by molar-refractivity contribution is 5.53. The number of hydrogen-bond donors (Lipinski definition) is 2. The molecule has 6 heteroatoms. The highest BCUT2D eigenvalue weighted by Crippen LogP contribution is 2.67. The fourth-order valence-electron chi connectivity index (χ4n) is 6.48. The van der Waals surface area contributed by atoms with Gasteiger partial charge in [0.15, 0.2) is 0 Å². The van der Waals surface area contributed by atoms with E-state index in [2.05, 4.69) is 24.1 Å². The number of rotatable bonds is 5. The zero-order valence-electron chi connectivity index (χ0n) is 16.0. The number of nitrogens with zero attached hydrogens (tertiary/aromatic N) is 1. The van der Waals surface area contributed by atoms with Crippen LogP contribution in [0.5, 0.6) is 0 Å². The Labute approximate surface area is 160 Å². The van der Waals surface area contributed by atoms with E-state index in [1.807, 2.05) is 12.2 Å². The standard InChI is InChI=1S/C21H29NO5/c1-22-9-7-20-14-4-5-16(23)19(20)27-21(8-10-26-12-25-2)17(24)6-3-13(18(20)21)11-15(14)22/h3-6,14-17,19,23-24H,7-12H2,1-2H3/t14-,15+,16-,17?,19-,20-,21?/m0/s1. The van der Waals surface area contributed by atoms with Crippen LogP contribution >= 0.6 is 0 Å². The molecule has 0 aromatic carbocycles. The maximum Gasteiger partial charge on any atom is 0.146 e. The summed E-state index contributed by atoms with van der Waals surface area (Å²) in [5.74, 6) is 0.309. The molecule has 2 aliphatic heterocycles. The van der Waals surface area contributed by atoms with Gasteiger partial charge < -0.3 is 29.3 Å². The van der Waals surface area contributed by atoms with Gasteiger partial charge in [0.25, 0.3) is 0 Å². The Kier molecular flexibility index (Phi) is 4.17. The van der Waals surface area contributed by atoms with E-state index in [1.165, 1.54) is 11.1 Å². The zero-order valence-corrected chi connectivity index (χ0v) is 16.0. The maximum absolute atomic E-state index is 11.0. The summed E-state index contributed by atoms with van der Waals surface area (Å²) >= 11 is 0. The van der Waals surface area contributed by atoms with Gasteiger partial charge in [0.1, 0.15) is 18.5 Å². The third kappa shape index (κ3) is 2.23. The summed E-state index contributed by atoms with van der Waals surface area (Å²) in [5, 5.41) is 21.9. The molecular weight excluding hydrogens is 346 g/mol. The van der Waals surface area contributed by atoms with Crippen molar-refractivity contribution >= 4 is 0 Å². The predicted octanol–water partition coefficient (Wildman–Crippen LogP) is 1.00. The lowest BCUT2D eigenvalue weighted by Gasteiger charge is -2.58. The fourth-order valence-corrected chi connectivity index (χ4v) is 6.48. The number of ether oxygens (including phenoxy) is 3. The molecule has 0 amide bonds. The number of hydrogen-bond acceptors (Lipinski definition) is 6. The Morgan fingerprint density at radius 3 is 2.96 bits per heavy atom. The average Bonchev–Trinajstić information content (AvgIpc) is 2.97. The van der Waals surface area contributed by atoms with Gasteiger partial charge in [-0.3, -0.25) is 0 Å². The smallest absolute Gasteiger partial charge is 0.146 e. The lowest BCUT2D eigenvalue weighted by Crippen LogP contribution is -2.62. The summed E-state index contributed by atoms with van der Waals surface area (Å²) in [4.78, 5) is 2.44. The highest BCUT2D eigenvalue weighted by atomic mass is 16.7. The molecule has 148 valence electrons. The Morgan fingerprint density at radius 2 is 2.15 bits per heavy atom. The quantitative estimate of drug-likeness (QED) is 0.424. The van der Waals surface area contributed by atoms with Gasteiger partial charge in [-0.1, -0.05) is 24.3 Å². The van der Waals surface area contributed by atoms with Crippen LogP contribution in [0.3, 0.4) is 0 Å². The van der Waals surface area contributed by atoms with Crippen molar-refractivity contribution < 1.29 is 24.4 Å². The molecule has 5 rings (SSSR count). The molecule has 0 saturated carbocycles. The summed E-state index contributed by atoms with van der Waals surface area (Å²) in [5.41, 5.74) is 1.47. The van der Waals surface area contributed by atoms with Gasteiger partial charge in [-0.05, 0) is 37.6 Å². The summed E-state index contributed by atoms with van der Waals surface area (Å²) in [6, 6.07) is 0.410. The third-order valence-corrected chi connectivity index (χ3v) is 7.54. The topological polar surface area (TPSA) is 71.4 Å². The monoisotopic (exact) mass is 375 g/mol. The number of likely N-dealkylation sites (tertiary alicyclic amines) is 1. The molecular formula is C21H29NO5. The van der Waals surface area contributed by atoms with Gasteiger partial charge in [0.2, 0.25) is 0 Å². The first-order chi connectivity index (χ1) is 13.0. The van der Waals surface area contributed by atoms with E-state index < -0.39 is 17.8 Å². The van der Waals surface area contributed by atoms with Crippen LogP contribution in [0.15, 0.2) is 35.5 Å². The first kappa shape index (κ1) is 18.0. The average molecular weight is 375 g/mol. The minimum atomic E-state index is -0.811. The molecule has 2 N–H and O–H groups in total. The van der Waals surface area contributed by atoms with Crippen LogP contribution in [0.4, 0.5) is 0 Å². The molecule has 0 radical (unpaired) electrons. The second-order valence-electron chi connectivity index (χ2n) is 8.64. The molecule has 2 unspecified atom stereocenters. The number of aliphatic hydroxyl groups is 2. The van der Waals surface area contributed by atoms with Crippen molar-refractivity contribution in [1.29, 1.82) is 0 Å². The third-order valence-electron chi connectivity index (χ3n) is 7.54. The molecule has 1 spiro atoms. The Bertz CT molecular complexity index is 717. The van der Waals surface area contributed by atoms with Crippen LogP contribution in [0.1, 0.15) is 19.3 Å². The minimum Gasteiger partial charge on any atom is -0.386 e. The summed E-state index contributed by atoms with van der Waals surface area (Å²) in [6.45, 7) is 1.65. The predicted molar refractivity (Wildman–Crippen MR) is 98.9 cm³/mol. The van der Waals surface area contributed by atoms with Crippen molar-refractivity contribution in [3.8, 4) is 0 Å². The van der Waals surface area contributed by atoms with Crippen molar-refractivity contribution in [2.45, 2.75) is 49.2 Å². The highest BCUT2D eigenvalue weighted by Gasteiger charge is 2.71. The summed E-state index contributed by atoms with van der Waals surface area (Å²) in [7, 11) is 3.79. The number of allylic oxidation sites excluding steroid dienone is 1. The normalized spacial score (nSPS) is 47.5. The van der Waals surface area contributed by atoms with E-state index in [0.29, 0.717) is 25.0 Å². The van der Waals surface area contributed by atoms with E-state index >= 15 is 0 Å². The second kappa shape index (κ2) is 6.24. The largest absolute Gasteiger partial charge is 0.386 e. The van der Waals surface area contributed by atoms with E-state index in [4.69, 9.17) is 14.2 Å². The van der Waals surface area contributed by atoms with Gasteiger partial charge in [-0.2, -0.15) is 0 Å². The Morgan fingerprint density at radius 1 is 1.30 bits per heavy atom.